The number of carboxylic acids is 2. The van der Waals surface area contributed by atoms with Crippen LogP contribution in [0.15, 0.2) is 71.8 Å². The number of hydrogen-bond acceptors (Lipinski definition) is 9. The highest BCUT2D eigenvalue weighted by atomic mass is 32.2. The zero-order valence-electron chi connectivity index (χ0n) is 21.6. The number of nitrogens with one attached hydrogen (secondary N) is 1. The molecular formula is C25H34BN3O9S. The van der Waals surface area contributed by atoms with Crippen molar-refractivity contribution in [1.82, 2.24) is 9.71 Å². The Morgan fingerprint density at radius 3 is 2.00 bits per heavy atom. The van der Waals surface area contributed by atoms with Gasteiger partial charge in [-0.1, -0.05) is 62.4 Å². The molecule has 0 aliphatic heterocycles. The fourth-order valence-electron chi connectivity index (χ4n) is 3.24. The number of fused-ring (bicyclic) bond motifs is 1. The first-order chi connectivity index (χ1) is 18.2. The van der Waals surface area contributed by atoms with Crippen molar-refractivity contribution < 1.29 is 43.3 Å². The molecule has 0 aliphatic carbocycles. The van der Waals surface area contributed by atoms with E-state index in [0.29, 0.717) is 24.3 Å². The fourth-order valence-corrected chi connectivity index (χ4v) is 4.42. The molecule has 212 valence electrons. The molecular weight excluding hydrogens is 529 g/mol. The van der Waals surface area contributed by atoms with Crippen LogP contribution in [0.4, 0.5) is 0 Å². The third-order valence-corrected chi connectivity index (χ3v) is 6.42. The van der Waals surface area contributed by atoms with Crippen LogP contribution in [-0.4, -0.2) is 70.0 Å². The maximum absolute atomic E-state index is 12.6. The molecule has 0 spiro atoms. The van der Waals surface area contributed by atoms with Crippen molar-refractivity contribution in [1.29, 1.82) is 0 Å². The lowest BCUT2D eigenvalue weighted by molar-refractivity contribution is -0.139. The molecule has 8 N–H and O–H groups in total. The normalized spacial score (nSPS) is 12.4. The molecule has 0 radical (unpaired) electrons. The Kier molecular flexibility index (Phi) is 14.3. The largest absolute Gasteiger partial charge is 0.631 e. The van der Waals surface area contributed by atoms with Crippen molar-refractivity contribution in [3.63, 3.8) is 0 Å². The molecule has 2 aromatic carbocycles. The summed E-state index contributed by atoms with van der Waals surface area (Å²) >= 11 is 0. The average Bonchev–Trinajstić information content (AvgIpc) is 2.86. The molecule has 0 unspecified atom stereocenters. The van der Waals surface area contributed by atoms with Crippen molar-refractivity contribution in [2.75, 3.05) is 0 Å². The van der Waals surface area contributed by atoms with Crippen molar-refractivity contribution in [2.24, 2.45) is 11.7 Å². The van der Waals surface area contributed by atoms with Gasteiger partial charge < -0.3 is 31.0 Å². The van der Waals surface area contributed by atoms with E-state index in [1.54, 1.807) is 18.2 Å². The second-order valence-electron chi connectivity index (χ2n) is 8.80. The number of aryl methyl sites for hydroxylation is 1. The monoisotopic (exact) mass is 563 g/mol. The first kappa shape index (κ1) is 33.6. The van der Waals surface area contributed by atoms with Gasteiger partial charge in [-0.25, -0.2) is 13.4 Å². The zero-order valence-corrected chi connectivity index (χ0v) is 22.4. The van der Waals surface area contributed by atoms with Gasteiger partial charge in [0.05, 0.1) is 5.52 Å². The summed E-state index contributed by atoms with van der Waals surface area (Å²) in [5.74, 6) is -1.77. The number of aliphatic carboxylic acids is 2. The molecule has 12 nitrogen and oxygen atoms in total. The fraction of sp³-hybridized carbons (Fsp3) is 0.320. The molecule has 0 fully saturated rings. The second kappa shape index (κ2) is 16.5. The van der Waals surface area contributed by atoms with Crippen LogP contribution >= 0.6 is 0 Å². The van der Waals surface area contributed by atoms with Gasteiger partial charge in [0.1, 0.15) is 12.1 Å². The van der Waals surface area contributed by atoms with Crippen molar-refractivity contribution in [2.45, 2.75) is 50.2 Å². The average molecular weight is 563 g/mol. The molecule has 0 aliphatic rings. The highest BCUT2D eigenvalue weighted by Crippen LogP contribution is 2.16. The van der Waals surface area contributed by atoms with Crippen LogP contribution in [0.5, 0.6) is 0 Å². The molecule has 0 saturated carbocycles. The number of carboxylic acid groups (broad SMARTS) is 2. The third-order valence-electron chi connectivity index (χ3n) is 5.05. The van der Waals surface area contributed by atoms with E-state index in [1.165, 1.54) is 6.07 Å². The van der Waals surface area contributed by atoms with Crippen molar-refractivity contribution in [3.05, 3.63) is 72.3 Å². The molecule has 3 rings (SSSR count). The lowest BCUT2D eigenvalue weighted by Crippen LogP contribution is -2.41. The highest BCUT2D eigenvalue weighted by Gasteiger charge is 2.26. The van der Waals surface area contributed by atoms with Gasteiger partial charge in [-0.3, -0.25) is 9.59 Å². The van der Waals surface area contributed by atoms with E-state index < -0.39 is 41.4 Å². The minimum Gasteiger partial charge on any atom is -0.480 e. The number of aromatic nitrogens is 1. The van der Waals surface area contributed by atoms with Crippen molar-refractivity contribution >= 4 is 40.2 Å². The van der Waals surface area contributed by atoms with E-state index >= 15 is 0 Å². The number of pyridine rings is 1. The van der Waals surface area contributed by atoms with Crippen molar-refractivity contribution in [3.8, 4) is 0 Å². The van der Waals surface area contributed by atoms with Gasteiger partial charge in [0.25, 0.3) is 10.0 Å². The van der Waals surface area contributed by atoms with E-state index in [4.69, 9.17) is 25.9 Å². The Labute approximate surface area is 227 Å². The van der Waals surface area contributed by atoms with E-state index in [0.717, 1.165) is 10.9 Å². The number of sulfonamides is 1. The minimum absolute atomic E-state index is 0.145. The second-order valence-corrected chi connectivity index (χ2v) is 10.5. The number of para-hydroxylation sites is 1. The van der Waals surface area contributed by atoms with Crippen LogP contribution in [0, 0.1) is 5.92 Å². The van der Waals surface area contributed by atoms with Gasteiger partial charge >= 0.3 is 19.3 Å². The Balaban J connectivity index is 0.000000489. The molecule has 0 amide bonds. The maximum atomic E-state index is 12.6. The van der Waals surface area contributed by atoms with Crippen LogP contribution in [0.25, 0.3) is 10.9 Å². The minimum atomic E-state index is -4.04. The Hall–Kier alpha value is -3.40. The number of nitrogens with two attached hydrogens (primary N) is 1. The summed E-state index contributed by atoms with van der Waals surface area (Å²) in [6, 6.07) is 17.6. The summed E-state index contributed by atoms with van der Waals surface area (Å²) in [6.45, 7) is 3.89. The van der Waals surface area contributed by atoms with Crippen LogP contribution in [0.1, 0.15) is 32.3 Å². The first-order valence-corrected chi connectivity index (χ1v) is 13.4. The number of rotatable bonds is 10. The molecule has 3 aromatic rings. The molecule has 14 heteroatoms. The summed E-state index contributed by atoms with van der Waals surface area (Å²) in [7, 11) is -6.21. The van der Waals surface area contributed by atoms with Gasteiger partial charge in [0, 0.05) is 5.39 Å². The number of benzene rings is 2. The summed E-state index contributed by atoms with van der Waals surface area (Å²) in [4.78, 5) is 25.7. The molecule has 1 heterocycles. The molecule has 2 atom stereocenters. The number of carbonyl (C=O) groups is 2. The SMILES string of the molecule is CC(C)C[C@H](N)C(=O)O.O=C(O)[C@H](CCc1ccccc1)NS(=O)(=O)c1ccc2ccccc2n1.OB(O)O. The summed E-state index contributed by atoms with van der Waals surface area (Å²) in [6.07, 6.45) is 1.15. The van der Waals surface area contributed by atoms with Gasteiger partial charge in [-0.2, -0.15) is 4.72 Å². The third kappa shape index (κ3) is 13.3. The van der Waals surface area contributed by atoms with Gasteiger partial charge in [0.15, 0.2) is 5.03 Å². The smallest absolute Gasteiger partial charge is 0.480 e. The van der Waals surface area contributed by atoms with Crippen LogP contribution in [0.3, 0.4) is 0 Å². The predicted molar refractivity (Wildman–Crippen MR) is 146 cm³/mol. The predicted octanol–water partition coefficient (Wildman–Crippen LogP) is 0.992. The van der Waals surface area contributed by atoms with E-state index in [9.17, 15) is 23.1 Å². The van der Waals surface area contributed by atoms with Crippen LogP contribution < -0.4 is 10.5 Å². The standard InChI is InChI=1S/C19H18N2O4S.C6H13NO2.BH3O3/c22-19(23)17(12-10-14-6-2-1-3-7-14)21-26(24,25)18-13-11-15-8-4-5-9-16(15)20-18;1-4(2)3-5(7)6(8)9;2-1(3)4/h1-9,11,13,17,21H,10,12H2,(H,22,23);4-5H,3,7H2,1-2H3,(H,8,9);2-4H/t17-;5-;/m00./s1. The quantitative estimate of drug-likeness (QED) is 0.172. The summed E-state index contributed by atoms with van der Waals surface area (Å²) < 4.78 is 27.4. The lowest BCUT2D eigenvalue weighted by atomic mass is 10.1. The zero-order chi connectivity index (χ0) is 29.6. The van der Waals surface area contributed by atoms with E-state index in [-0.39, 0.29) is 11.4 Å². The van der Waals surface area contributed by atoms with Gasteiger partial charge in [-0.05, 0) is 48.9 Å². The highest BCUT2D eigenvalue weighted by molar-refractivity contribution is 7.89. The van der Waals surface area contributed by atoms with Crippen LogP contribution in [0.2, 0.25) is 0 Å². The molecule has 0 bridgehead atoms. The molecule has 39 heavy (non-hydrogen) atoms. The molecule has 0 saturated heterocycles. The van der Waals surface area contributed by atoms with Gasteiger partial charge in [0.2, 0.25) is 0 Å². The topological polar surface area (TPSA) is 220 Å². The Morgan fingerprint density at radius 1 is 0.923 bits per heavy atom. The Bertz CT molecular complexity index is 1290. The Morgan fingerprint density at radius 2 is 1.49 bits per heavy atom. The first-order valence-electron chi connectivity index (χ1n) is 11.9. The molecule has 1 aromatic heterocycles. The summed E-state index contributed by atoms with van der Waals surface area (Å²) in [5.41, 5.74) is 6.70. The maximum Gasteiger partial charge on any atom is 0.631 e. The summed E-state index contributed by atoms with van der Waals surface area (Å²) in [5, 5.41) is 39.8. The van der Waals surface area contributed by atoms with Crippen LogP contribution in [-0.2, 0) is 26.0 Å². The van der Waals surface area contributed by atoms with E-state index in [1.807, 2.05) is 56.3 Å². The van der Waals surface area contributed by atoms with E-state index in [2.05, 4.69) is 9.71 Å². The lowest BCUT2D eigenvalue weighted by Gasteiger charge is -2.14. The van der Waals surface area contributed by atoms with Gasteiger partial charge in [-0.15, -0.1) is 0 Å². The number of hydrogen-bond donors (Lipinski definition) is 7. The number of nitrogens with zero attached hydrogens (tertiary/aromatic N) is 1.